The molecule has 0 aliphatic rings. The van der Waals surface area contributed by atoms with Crippen molar-refractivity contribution in [2.24, 2.45) is 0 Å². The fourth-order valence-electron chi connectivity index (χ4n) is 2.42. The highest BCUT2D eigenvalue weighted by Crippen LogP contribution is 2.09. The third-order valence-corrected chi connectivity index (χ3v) is 3.83. The van der Waals surface area contributed by atoms with E-state index in [-0.39, 0.29) is 0 Å². The lowest BCUT2D eigenvalue weighted by Crippen LogP contribution is -1.96. The topological polar surface area (TPSA) is 54.4 Å². The van der Waals surface area contributed by atoms with Gasteiger partial charge in [0.1, 0.15) is 5.78 Å². The first-order valence-corrected chi connectivity index (χ1v) is 9.05. The Hall–Kier alpha value is -1.12. The first-order valence-electron chi connectivity index (χ1n) is 9.05. The van der Waals surface area contributed by atoms with E-state index in [1.54, 1.807) is 0 Å². The first kappa shape index (κ1) is 20.9. The number of hydrogen-bond acceptors (Lipinski definition) is 2. The average molecular weight is 310 g/mol. The molecule has 0 spiro atoms. The molecule has 0 aromatic rings. The van der Waals surface area contributed by atoms with Gasteiger partial charge in [0.2, 0.25) is 0 Å². The standard InChI is InChI=1S/C19H34O3/c1-2-3-12-15-18(20)16-13-10-8-6-4-5-7-9-11-14-17-19(21)22/h8,10H,2-7,9,11-17H2,1H3,(H,21,22). The summed E-state index contributed by atoms with van der Waals surface area (Å²) >= 11 is 0. The van der Waals surface area contributed by atoms with Gasteiger partial charge in [-0.1, -0.05) is 57.6 Å². The largest absolute Gasteiger partial charge is 0.481 e. The van der Waals surface area contributed by atoms with Crippen LogP contribution in [0.4, 0.5) is 0 Å². The summed E-state index contributed by atoms with van der Waals surface area (Å²) in [6.07, 6.45) is 18.1. The van der Waals surface area contributed by atoms with Crippen LogP contribution >= 0.6 is 0 Å². The Morgan fingerprint density at radius 3 is 2.00 bits per heavy atom. The molecule has 0 amide bonds. The SMILES string of the molecule is CCCCCC(=O)CCC=CCCCCCCCCC(=O)O. The molecule has 128 valence electrons. The maximum Gasteiger partial charge on any atom is 0.303 e. The highest BCUT2D eigenvalue weighted by Gasteiger charge is 1.99. The van der Waals surface area contributed by atoms with Crippen LogP contribution in [-0.2, 0) is 9.59 Å². The number of carbonyl (C=O) groups is 2. The van der Waals surface area contributed by atoms with Crippen LogP contribution < -0.4 is 0 Å². The lowest BCUT2D eigenvalue weighted by Gasteiger charge is -1.99. The Labute approximate surface area is 136 Å². The van der Waals surface area contributed by atoms with Crippen LogP contribution in [0.1, 0.15) is 96.8 Å². The fraction of sp³-hybridized carbons (Fsp3) is 0.789. The van der Waals surface area contributed by atoms with Crippen LogP contribution in [0.2, 0.25) is 0 Å². The van der Waals surface area contributed by atoms with Crippen molar-refractivity contribution in [2.75, 3.05) is 0 Å². The molecule has 0 unspecified atom stereocenters. The summed E-state index contributed by atoms with van der Waals surface area (Å²) in [5, 5.41) is 8.52. The van der Waals surface area contributed by atoms with Gasteiger partial charge in [-0.2, -0.15) is 0 Å². The Kier molecular flexibility index (Phi) is 15.4. The van der Waals surface area contributed by atoms with Gasteiger partial charge in [-0.3, -0.25) is 9.59 Å². The normalized spacial score (nSPS) is 11.1. The van der Waals surface area contributed by atoms with E-state index >= 15 is 0 Å². The van der Waals surface area contributed by atoms with E-state index in [0.29, 0.717) is 18.6 Å². The van der Waals surface area contributed by atoms with Gasteiger partial charge in [0.15, 0.2) is 0 Å². The highest BCUT2D eigenvalue weighted by molar-refractivity contribution is 5.78. The van der Waals surface area contributed by atoms with Crippen molar-refractivity contribution in [1.29, 1.82) is 0 Å². The van der Waals surface area contributed by atoms with Gasteiger partial charge in [0.05, 0.1) is 0 Å². The highest BCUT2D eigenvalue weighted by atomic mass is 16.4. The number of hydrogen-bond donors (Lipinski definition) is 1. The van der Waals surface area contributed by atoms with E-state index in [4.69, 9.17) is 5.11 Å². The average Bonchev–Trinajstić information content (AvgIpc) is 2.48. The number of Topliss-reactive ketones (excluding diaryl/α,β-unsaturated/α-hetero) is 1. The first-order chi connectivity index (χ1) is 10.7. The summed E-state index contributed by atoms with van der Waals surface area (Å²) in [7, 11) is 0. The predicted octanol–water partition coefficient (Wildman–Crippen LogP) is 5.68. The summed E-state index contributed by atoms with van der Waals surface area (Å²) in [6, 6.07) is 0. The fourth-order valence-corrected chi connectivity index (χ4v) is 2.42. The van der Waals surface area contributed by atoms with E-state index in [9.17, 15) is 9.59 Å². The van der Waals surface area contributed by atoms with Crippen molar-refractivity contribution in [2.45, 2.75) is 96.8 Å². The molecule has 3 nitrogen and oxygen atoms in total. The van der Waals surface area contributed by atoms with E-state index in [0.717, 1.165) is 51.4 Å². The van der Waals surface area contributed by atoms with Crippen molar-refractivity contribution in [3.05, 3.63) is 12.2 Å². The number of aliphatic carboxylic acids is 1. The molecular formula is C19H34O3. The molecule has 0 aromatic heterocycles. The molecular weight excluding hydrogens is 276 g/mol. The molecule has 0 fully saturated rings. The van der Waals surface area contributed by atoms with Gasteiger partial charge in [0, 0.05) is 19.3 Å². The van der Waals surface area contributed by atoms with Gasteiger partial charge in [0.25, 0.3) is 0 Å². The van der Waals surface area contributed by atoms with E-state index in [1.165, 1.54) is 25.7 Å². The maximum atomic E-state index is 11.5. The van der Waals surface area contributed by atoms with E-state index in [2.05, 4.69) is 19.1 Å². The molecule has 0 heterocycles. The zero-order valence-corrected chi connectivity index (χ0v) is 14.3. The third kappa shape index (κ3) is 16.9. The van der Waals surface area contributed by atoms with Crippen LogP contribution in [0, 0.1) is 0 Å². The van der Waals surface area contributed by atoms with Crippen LogP contribution in [0.15, 0.2) is 12.2 Å². The van der Waals surface area contributed by atoms with E-state index < -0.39 is 5.97 Å². The monoisotopic (exact) mass is 310 g/mol. The van der Waals surface area contributed by atoms with Crippen molar-refractivity contribution in [3.63, 3.8) is 0 Å². The number of unbranched alkanes of at least 4 members (excludes halogenated alkanes) is 8. The molecule has 22 heavy (non-hydrogen) atoms. The van der Waals surface area contributed by atoms with Crippen LogP contribution in [-0.4, -0.2) is 16.9 Å². The second kappa shape index (κ2) is 16.3. The lowest BCUT2D eigenvalue weighted by atomic mass is 10.1. The smallest absolute Gasteiger partial charge is 0.303 e. The number of carbonyl (C=O) groups excluding carboxylic acids is 1. The number of carboxylic acids is 1. The zero-order valence-electron chi connectivity index (χ0n) is 14.3. The van der Waals surface area contributed by atoms with Crippen LogP contribution in [0.3, 0.4) is 0 Å². The molecule has 0 atom stereocenters. The maximum absolute atomic E-state index is 11.5. The van der Waals surface area contributed by atoms with E-state index in [1.807, 2.05) is 0 Å². The van der Waals surface area contributed by atoms with Gasteiger partial charge < -0.3 is 5.11 Å². The second-order valence-corrected chi connectivity index (χ2v) is 6.06. The lowest BCUT2D eigenvalue weighted by molar-refractivity contribution is -0.137. The molecule has 0 saturated carbocycles. The van der Waals surface area contributed by atoms with Gasteiger partial charge in [-0.15, -0.1) is 0 Å². The minimum Gasteiger partial charge on any atom is -0.481 e. The van der Waals surface area contributed by atoms with Crippen LogP contribution in [0.25, 0.3) is 0 Å². The molecule has 0 saturated heterocycles. The van der Waals surface area contributed by atoms with Crippen molar-refractivity contribution >= 4 is 11.8 Å². The summed E-state index contributed by atoms with van der Waals surface area (Å²) in [4.78, 5) is 21.9. The van der Waals surface area contributed by atoms with Crippen molar-refractivity contribution in [3.8, 4) is 0 Å². The minimum absolute atomic E-state index is 0.305. The van der Waals surface area contributed by atoms with Crippen molar-refractivity contribution in [1.82, 2.24) is 0 Å². The van der Waals surface area contributed by atoms with Gasteiger partial charge in [-0.05, 0) is 32.1 Å². The Morgan fingerprint density at radius 2 is 1.32 bits per heavy atom. The molecule has 0 aromatic carbocycles. The number of ketones is 1. The van der Waals surface area contributed by atoms with Gasteiger partial charge in [-0.25, -0.2) is 0 Å². The molecule has 0 bridgehead atoms. The molecule has 0 rings (SSSR count). The summed E-state index contributed by atoms with van der Waals surface area (Å²) in [5.41, 5.74) is 0. The predicted molar refractivity (Wildman–Crippen MR) is 92.1 cm³/mol. The minimum atomic E-state index is -0.686. The Balaban J connectivity index is 3.23. The Bertz CT molecular complexity index is 308. The Morgan fingerprint density at radius 1 is 0.727 bits per heavy atom. The quantitative estimate of drug-likeness (QED) is 0.295. The molecule has 0 radical (unpaired) electrons. The molecule has 1 N–H and O–H groups in total. The number of rotatable bonds is 16. The molecule has 0 aliphatic heterocycles. The van der Waals surface area contributed by atoms with Gasteiger partial charge >= 0.3 is 5.97 Å². The number of allylic oxidation sites excluding steroid dienone is 2. The zero-order chi connectivity index (χ0) is 16.5. The molecule has 0 aliphatic carbocycles. The summed E-state index contributed by atoms with van der Waals surface area (Å²) in [5.74, 6) is -0.284. The van der Waals surface area contributed by atoms with Crippen LogP contribution in [0.5, 0.6) is 0 Å². The third-order valence-electron chi connectivity index (χ3n) is 3.83. The second-order valence-electron chi connectivity index (χ2n) is 6.06. The number of carboxylic acid groups (broad SMARTS) is 1. The van der Waals surface area contributed by atoms with Crippen molar-refractivity contribution < 1.29 is 14.7 Å². The summed E-state index contributed by atoms with van der Waals surface area (Å²) < 4.78 is 0. The molecule has 3 heteroatoms. The summed E-state index contributed by atoms with van der Waals surface area (Å²) in [6.45, 7) is 2.16.